The number of benzene rings is 2. The first-order chi connectivity index (χ1) is 11.4. The lowest BCUT2D eigenvalue weighted by Crippen LogP contribution is -2.27. The van der Waals surface area contributed by atoms with Gasteiger partial charge in [-0.1, -0.05) is 40.9 Å². The summed E-state index contributed by atoms with van der Waals surface area (Å²) in [6, 6.07) is 10.7. The minimum absolute atomic E-state index is 0.142. The van der Waals surface area contributed by atoms with Crippen molar-refractivity contribution in [3.63, 3.8) is 0 Å². The molecule has 0 spiro atoms. The van der Waals surface area contributed by atoms with Gasteiger partial charge in [-0.3, -0.25) is 4.79 Å². The molecule has 0 aliphatic heterocycles. The molecule has 2 aromatic rings. The van der Waals surface area contributed by atoms with Crippen molar-refractivity contribution in [2.45, 2.75) is 13.5 Å². The van der Waals surface area contributed by atoms with E-state index in [1.807, 2.05) is 25.1 Å². The Labute approximate surface area is 152 Å². The molecule has 2 rings (SSSR count). The second-order valence-corrected chi connectivity index (χ2v) is 6.38. The van der Waals surface area contributed by atoms with Crippen LogP contribution in [-0.2, 0) is 6.54 Å². The Kier molecular flexibility index (Phi) is 6.49. The van der Waals surface area contributed by atoms with Gasteiger partial charge in [-0.15, -0.1) is 0 Å². The van der Waals surface area contributed by atoms with Crippen molar-refractivity contribution in [1.29, 1.82) is 0 Å². The molecule has 0 atom stereocenters. The number of rotatable bonds is 6. The smallest absolute Gasteiger partial charge is 0.257 e. The Morgan fingerprint density at radius 1 is 1.21 bits per heavy atom. The number of halogens is 2. The van der Waals surface area contributed by atoms with Gasteiger partial charge in [0.15, 0.2) is 0 Å². The molecule has 0 aromatic heterocycles. The molecule has 4 nitrogen and oxygen atoms in total. The highest BCUT2D eigenvalue weighted by atomic mass is 35.5. The van der Waals surface area contributed by atoms with Crippen molar-refractivity contribution in [3.8, 4) is 5.75 Å². The Morgan fingerprint density at radius 3 is 2.62 bits per heavy atom. The highest BCUT2D eigenvalue weighted by Crippen LogP contribution is 2.25. The molecule has 0 fully saturated rings. The number of carbonyl (C=O) groups is 1. The van der Waals surface area contributed by atoms with Gasteiger partial charge in [0.1, 0.15) is 12.4 Å². The number of ether oxygens (including phenoxy) is 1. The van der Waals surface area contributed by atoms with Gasteiger partial charge in [0.05, 0.1) is 5.56 Å². The van der Waals surface area contributed by atoms with Crippen molar-refractivity contribution in [2.24, 2.45) is 5.73 Å². The van der Waals surface area contributed by atoms with E-state index in [-0.39, 0.29) is 5.91 Å². The van der Waals surface area contributed by atoms with E-state index in [9.17, 15) is 4.79 Å². The highest BCUT2D eigenvalue weighted by molar-refractivity contribution is 6.35. The molecule has 0 aliphatic carbocycles. The van der Waals surface area contributed by atoms with Gasteiger partial charge in [-0.2, -0.15) is 0 Å². The van der Waals surface area contributed by atoms with Gasteiger partial charge in [0.25, 0.3) is 5.91 Å². The fraction of sp³-hybridized carbons (Fsp3) is 0.278. The van der Waals surface area contributed by atoms with Crippen LogP contribution in [0.4, 0.5) is 0 Å². The quantitative estimate of drug-likeness (QED) is 0.842. The first-order valence-electron chi connectivity index (χ1n) is 7.55. The lowest BCUT2D eigenvalue weighted by molar-refractivity contribution is 0.0780. The summed E-state index contributed by atoms with van der Waals surface area (Å²) in [7, 11) is 1.72. The number of hydrogen-bond donors (Lipinski definition) is 1. The molecular weight excluding hydrogens is 347 g/mol. The van der Waals surface area contributed by atoms with Crippen molar-refractivity contribution >= 4 is 29.1 Å². The average Bonchev–Trinajstić information content (AvgIpc) is 2.55. The molecule has 0 aliphatic rings. The summed E-state index contributed by atoms with van der Waals surface area (Å²) in [5, 5.41) is 1.10. The molecule has 0 unspecified atom stereocenters. The predicted molar refractivity (Wildman–Crippen MR) is 98.0 cm³/mol. The summed E-state index contributed by atoms with van der Waals surface area (Å²) in [4.78, 5) is 14.4. The Hall–Kier alpha value is -1.75. The topological polar surface area (TPSA) is 55.6 Å². The van der Waals surface area contributed by atoms with Crippen LogP contribution in [0, 0.1) is 6.92 Å². The first kappa shape index (κ1) is 18.6. The Morgan fingerprint density at radius 2 is 1.96 bits per heavy atom. The van der Waals surface area contributed by atoms with Gasteiger partial charge in [0.2, 0.25) is 0 Å². The molecule has 6 heteroatoms. The monoisotopic (exact) mass is 366 g/mol. The number of nitrogens with zero attached hydrogens (tertiary/aromatic N) is 1. The van der Waals surface area contributed by atoms with Crippen LogP contribution in [0.2, 0.25) is 10.0 Å². The van der Waals surface area contributed by atoms with Crippen LogP contribution in [0.3, 0.4) is 0 Å². The largest absolute Gasteiger partial charge is 0.491 e. The average molecular weight is 367 g/mol. The van der Waals surface area contributed by atoms with E-state index < -0.39 is 0 Å². The number of carbonyl (C=O) groups excluding carboxylic acids is 1. The van der Waals surface area contributed by atoms with Crippen molar-refractivity contribution in [2.75, 3.05) is 20.2 Å². The van der Waals surface area contributed by atoms with E-state index in [0.717, 1.165) is 11.1 Å². The number of amides is 1. The zero-order valence-electron chi connectivity index (χ0n) is 13.7. The van der Waals surface area contributed by atoms with Crippen LogP contribution in [0.15, 0.2) is 36.4 Å². The Balaban J connectivity index is 2.22. The lowest BCUT2D eigenvalue weighted by atomic mass is 10.1. The van der Waals surface area contributed by atoms with Crippen molar-refractivity contribution < 1.29 is 9.53 Å². The molecule has 0 saturated heterocycles. The molecule has 128 valence electrons. The molecule has 24 heavy (non-hydrogen) atoms. The highest BCUT2D eigenvalue weighted by Gasteiger charge is 2.18. The molecule has 1 amide bonds. The van der Waals surface area contributed by atoms with E-state index >= 15 is 0 Å². The zero-order chi connectivity index (χ0) is 17.7. The summed E-state index contributed by atoms with van der Waals surface area (Å²) in [6.45, 7) is 3.05. The number of nitrogens with two attached hydrogens (primary N) is 1. The van der Waals surface area contributed by atoms with E-state index in [0.29, 0.717) is 41.1 Å². The summed E-state index contributed by atoms with van der Waals surface area (Å²) in [5.74, 6) is 0.391. The van der Waals surface area contributed by atoms with Gasteiger partial charge < -0.3 is 15.4 Å². The fourth-order valence-corrected chi connectivity index (χ4v) is 2.76. The minimum Gasteiger partial charge on any atom is -0.491 e. The van der Waals surface area contributed by atoms with Crippen LogP contribution < -0.4 is 10.5 Å². The van der Waals surface area contributed by atoms with E-state index in [1.54, 1.807) is 30.1 Å². The van der Waals surface area contributed by atoms with Crippen LogP contribution in [0.25, 0.3) is 0 Å². The van der Waals surface area contributed by atoms with Gasteiger partial charge in [-0.25, -0.2) is 0 Å². The fourth-order valence-electron chi connectivity index (χ4n) is 2.29. The zero-order valence-corrected chi connectivity index (χ0v) is 15.2. The molecule has 2 N–H and O–H groups in total. The SMILES string of the molecule is Cc1ccc(OCCN)c(C(=O)N(C)Cc2ccc(Cl)cc2Cl)c1. The normalized spacial score (nSPS) is 10.5. The van der Waals surface area contributed by atoms with Crippen molar-refractivity contribution in [3.05, 3.63) is 63.1 Å². The van der Waals surface area contributed by atoms with E-state index in [2.05, 4.69) is 0 Å². The summed E-state index contributed by atoms with van der Waals surface area (Å²) in [6.07, 6.45) is 0. The molecule has 0 heterocycles. The Bertz CT molecular complexity index is 735. The third-order valence-corrected chi connectivity index (χ3v) is 4.10. The molecular formula is C18H20Cl2N2O2. The molecule has 2 aromatic carbocycles. The molecule has 0 bridgehead atoms. The summed E-state index contributed by atoms with van der Waals surface area (Å²) >= 11 is 12.1. The van der Waals surface area contributed by atoms with Crippen LogP contribution in [-0.4, -0.2) is 31.0 Å². The molecule has 0 radical (unpaired) electrons. The maximum absolute atomic E-state index is 12.8. The lowest BCUT2D eigenvalue weighted by Gasteiger charge is -2.20. The van der Waals surface area contributed by atoms with E-state index in [1.165, 1.54) is 0 Å². The minimum atomic E-state index is -0.142. The first-order valence-corrected chi connectivity index (χ1v) is 8.31. The van der Waals surface area contributed by atoms with Crippen LogP contribution in [0.1, 0.15) is 21.5 Å². The van der Waals surface area contributed by atoms with Crippen LogP contribution >= 0.6 is 23.2 Å². The van der Waals surface area contributed by atoms with Crippen LogP contribution in [0.5, 0.6) is 5.75 Å². The maximum Gasteiger partial charge on any atom is 0.257 e. The standard InChI is InChI=1S/C18H20Cl2N2O2/c1-12-3-6-17(24-8-7-21)15(9-12)18(23)22(2)11-13-4-5-14(19)10-16(13)20/h3-6,9-10H,7-8,11,21H2,1-2H3. The maximum atomic E-state index is 12.8. The third-order valence-electron chi connectivity index (χ3n) is 3.51. The molecule has 0 saturated carbocycles. The third kappa shape index (κ3) is 4.63. The number of aryl methyl sites for hydroxylation is 1. The van der Waals surface area contributed by atoms with E-state index in [4.69, 9.17) is 33.7 Å². The second kappa shape index (κ2) is 8.38. The second-order valence-electron chi connectivity index (χ2n) is 5.53. The van der Waals surface area contributed by atoms with Gasteiger partial charge in [-0.05, 0) is 36.8 Å². The predicted octanol–water partition coefficient (Wildman–Crippen LogP) is 3.91. The summed E-state index contributed by atoms with van der Waals surface area (Å²) in [5.41, 5.74) is 7.80. The summed E-state index contributed by atoms with van der Waals surface area (Å²) < 4.78 is 5.59. The van der Waals surface area contributed by atoms with Gasteiger partial charge in [0, 0.05) is 30.2 Å². The number of hydrogen-bond acceptors (Lipinski definition) is 3. The van der Waals surface area contributed by atoms with Gasteiger partial charge >= 0.3 is 0 Å². The van der Waals surface area contributed by atoms with Crippen molar-refractivity contribution in [1.82, 2.24) is 4.90 Å².